The summed E-state index contributed by atoms with van der Waals surface area (Å²) in [7, 11) is 0. The molecule has 0 fully saturated rings. The van der Waals surface area contributed by atoms with Gasteiger partial charge in [-0.05, 0) is 44.5 Å². The minimum absolute atomic E-state index is 0.0207. The molecule has 1 aromatic heterocycles. The van der Waals surface area contributed by atoms with Crippen LogP contribution in [0.5, 0.6) is 5.75 Å². The zero-order valence-corrected chi connectivity index (χ0v) is 14.8. The molecule has 0 saturated carbocycles. The number of hydrogen-bond acceptors (Lipinski definition) is 8. The first-order chi connectivity index (χ1) is 12.3. The quantitative estimate of drug-likeness (QED) is 0.816. The van der Waals surface area contributed by atoms with Crippen molar-refractivity contribution in [2.24, 2.45) is 5.10 Å². The molecule has 3 N–H and O–H groups in total. The molecule has 0 aliphatic carbocycles. The molecule has 0 saturated heterocycles. The van der Waals surface area contributed by atoms with E-state index in [0.29, 0.717) is 5.95 Å². The van der Waals surface area contributed by atoms with E-state index in [1.165, 1.54) is 12.1 Å². The molecule has 0 spiro atoms. The van der Waals surface area contributed by atoms with E-state index in [1.807, 2.05) is 20.8 Å². The van der Waals surface area contributed by atoms with Gasteiger partial charge in [0.15, 0.2) is 5.82 Å². The number of phenols is 1. The van der Waals surface area contributed by atoms with Gasteiger partial charge in [-0.2, -0.15) is 25.3 Å². The van der Waals surface area contributed by atoms with Crippen molar-refractivity contribution < 1.29 is 5.11 Å². The van der Waals surface area contributed by atoms with Crippen molar-refractivity contribution in [2.45, 2.75) is 32.7 Å². The molecule has 0 bridgehead atoms. The summed E-state index contributed by atoms with van der Waals surface area (Å²) in [5.74, 6) is 0.657. The summed E-state index contributed by atoms with van der Waals surface area (Å²) in [5, 5.41) is 25.1. The van der Waals surface area contributed by atoms with Gasteiger partial charge >= 0.3 is 0 Å². The largest absolute Gasteiger partial charge is 0.508 e. The Bertz CT molecular complexity index is 939. The third kappa shape index (κ3) is 3.47. The lowest BCUT2D eigenvalue weighted by atomic mass is 9.99. The van der Waals surface area contributed by atoms with E-state index in [0.717, 1.165) is 17.7 Å². The Kier molecular flexibility index (Phi) is 4.30. The molecule has 1 aliphatic rings. The molecule has 0 atom stereocenters. The molecule has 3 rings (SSSR count). The predicted molar refractivity (Wildman–Crippen MR) is 100 cm³/mol. The second kappa shape index (κ2) is 6.44. The number of nitrogens with zero attached hydrogens (tertiary/aromatic N) is 6. The molecule has 8 heteroatoms. The van der Waals surface area contributed by atoms with Crippen LogP contribution >= 0.6 is 0 Å². The smallest absolute Gasteiger partial charge is 0.252 e. The minimum Gasteiger partial charge on any atom is -0.508 e. The fourth-order valence-corrected chi connectivity index (χ4v) is 2.84. The topological polar surface area (TPSA) is 124 Å². The highest BCUT2D eigenvalue weighted by Crippen LogP contribution is 2.31. The Morgan fingerprint density at radius 1 is 1.27 bits per heavy atom. The number of phenolic OH excluding ortho intramolecular Hbond substituents is 1. The lowest BCUT2D eigenvalue weighted by molar-refractivity contribution is 0.475. The van der Waals surface area contributed by atoms with Crippen molar-refractivity contribution in [3.8, 4) is 11.8 Å². The molecule has 1 aromatic carbocycles. The maximum atomic E-state index is 9.54. The predicted octanol–water partition coefficient (Wildman–Crippen LogP) is 2.59. The van der Waals surface area contributed by atoms with Gasteiger partial charge < -0.3 is 10.8 Å². The Morgan fingerprint density at radius 3 is 2.54 bits per heavy atom. The van der Waals surface area contributed by atoms with Crippen LogP contribution in [0.3, 0.4) is 0 Å². The van der Waals surface area contributed by atoms with Crippen molar-refractivity contribution in [3.63, 3.8) is 0 Å². The highest BCUT2D eigenvalue weighted by atomic mass is 16.3. The van der Waals surface area contributed by atoms with Crippen molar-refractivity contribution in [3.05, 3.63) is 35.7 Å². The highest BCUT2D eigenvalue weighted by Gasteiger charge is 2.35. The molecule has 0 amide bonds. The maximum Gasteiger partial charge on any atom is 0.252 e. The van der Waals surface area contributed by atoms with Crippen LogP contribution in [0, 0.1) is 11.3 Å². The van der Waals surface area contributed by atoms with Crippen molar-refractivity contribution in [1.82, 2.24) is 15.0 Å². The van der Waals surface area contributed by atoms with Crippen LogP contribution < -0.4 is 10.7 Å². The van der Waals surface area contributed by atoms with Crippen molar-refractivity contribution in [1.29, 1.82) is 5.26 Å². The number of rotatable bonds is 3. The van der Waals surface area contributed by atoms with Crippen LogP contribution in [0.25, 0.3) is 11.6 Å². The number of aromatic nitrogens is 3. The maximum absolute atomic E-state index is 9.54. The Balaban J connectivity index is 2.04. The van der Waals surface area contributed by atoms with E-state index in [2.05, 4.69) is 26.1 Å². The van der Waals surface area contributed by atoms with Crippen LogP contribution in [0.1, 0.15) is 38.6 Å². The van der Waals surface area contributed by atoms with E-state index < -0.39 is 0 Å². The second-order valence-corrected chi connectivity index (χ2v) is 6.71. The Hall–Kier alpha value is -3.47. The normalized spacial score (nSPS) is 16.3. The summed E-state index contributed by atoms with van der Waals surface area (Å²) in [5.41, 5.74) is 7.50. The molecule has 2 heterocycles. The van der Waals surface area contributed by atoms with Gasteiger partial charge in [0.05, 0.1) is 11.1 Å². The summed E-state index contributed by atoms with van der Waals surface area (Å²) in [4.78, 5) is 12.7. The number of aromatic hydroxyl groups is 1. The van der Waals surface area contributed by atoms with Gasteiger partial charge in [-0.25, -0.2) is 5.01 Å². The highest BCUT2D eigenvalue weighted by molar-refractivity contribution is 5.88. The van der Waals surface area contributed by atoms with Gasteiger partial charge in [-0.3, -0.25) is 0 Å². The standard InChI is InChI=1S/C18H19N7O/c1-11-9-18(2,3)25(24-11)17-22-15(21-16(20)23-17)13(10-19)8-12-4-6-14(26)7-5-12/h4-8,26H,9H2,1-3H3,(H2,20,21,22,23)/b13-8+. The molecule has 1 aliphatic heterocycles. The number of hydrogen-bond donors (Lipinski definition) is 2. The van der Waals surface area contributed by atoms with Crippen LogP contribution in [-0.2, 0) is 0 Å². The molecule has 2 aromatic rings. The van der Waals surface area contributed by atoms with Gasteiger partial charge in [0.1, 0.15) is 11.8 Å². The lowest BCUT2D eigenvalue weighted by Gasteiger charge is -2.28. The average molecular weight is 349 g/mol. The van der Waals surface area contributed by atoms with Gasteiger partial charge in [0.2, 0.25) is 5.95 Å². The first-order valence-electron chi connectivity index (χ1n) is 8.05. The second-order valence-electron chi connectivity index (χ2n) is 6.71. The first kappa shape index (κ1) is 17.4. The number of hydrazone groups is 1. The third-order valence-corrected chi connectivity index (χ3v) is 3.93. The molecular weight excluding hydrogens is 330 g/mol. The molecule has 0 unspecified atom stereocenters. The molecule has 132 valence electrons. The van der Waals surface area contributed by atoms with E-state index in [-0.39, 0.29) is 28.6 Å². The van der Waals surface area contributed by atoms with Gasteiger partial charge in [-0.1, -0.05) is 12.1 Å². The van der Waals surface area contributed by atoms with E-state index in [1.54, 1.807) is 23.2 Å². The summed E-state index contributed by atoms with van der Waals surface area (Å²) >= 11 is 0. The molecule has 26 heavy (non-hydrogen) atoms. The molecule has 8 nitrogen and oxygen atoms in total. The number of nitrogen functional groups attached to an aromatic ring is 1. The number of nitrogens with two attached hydrogens (primary N) is 1. The number of nitriles is 1. The first-order valence-corrected chi connectivity index (χ1v) is 8.05. The summed E-state index contributed by atoms with van der Waals surface area (Å²) in [6.07, 6.45) is 2.41. The number of benzene rings is 1. The number of allylic oxidation sites excluding steroid dienone is 1. The average Bonchev–Trinajstić information content (AvgIpc) is 2.86. The van der Waals surface area contributed by atoms with Gasteiger partial charge in [0.25, 0.3) is 5.95 Å². The van der Waals surface area contributed by atoms with Crippen LogP contribution in [0.4, 0.5) is 11.9 Å². The van der Waals surface area contributed by atoms with E-state index in [4.69, 9.17) is 5.73 Å². The van der Waals surface area contributed by atoms with Gasteiger partial charge in [0, 0.05) is 12.1 Å². The van der Waals surface area contributed by atoms with Crippen LogP contribution in [-0.4, -0.2) is 31.3 Å². The fourth-order valence-electron chi connectivity index (χ4n) is 2.84. The lowest BCUT2D eigenvalue weighted by Crippen LogP contribution is -2.37. The third-order valence-electron chi connectivity index (χ3n) is 3.93. The monoisotopic (exact) mass is 349 g/mol. The summed E-state index contributed by atoms with van der Waals surface area (Å²) < 4.78 is 0. The molecular formula is C18H19N7O. The summed E-state index contributed by atoms with van der Waals surface area (Å²) in [6, 6.07) is 8.55. The Labute approximate surface area is 151 Å². The molecule has 0 radical (unpaired) electrons. The van der Waals surface area contributed by atoms with E-state index in [9.17, 15) is 10.4 Å². The van der Waals surface area contributed by atoms with Crippen molar-refractivity contribution in [2.75, 3.05) is 10.7 Å². The zero-order chi connectivity index (χ0) is 18.9. The Morgan fingerprint density at radius 2 is 1.96 bits per heavy atom. The SMILES string of the molecule is CC1=NN(c2nc(N)nc(/C(C#N)=C/c3ccc(O)cc3)n2)C(C)(C)C1. The fraction of sp³-hybridized carbons (Fsp3) is 0.278. The van der Waals surface area contributed by atoms with Crippen LogP contribution in [0.15, 0.2) is 29.4 Å². The van der Waals surface area contributed by atoms with Crippen molar-refractivity contribution >= 4 is 29.3 Å². The van der Waals surface area contributed by atoms with Gasteiger partial charge in [-0.15, -0.1) is 0 Å². The van der Waals surface area contributed by atoms with E-state index >= 15 is 0 Å². The van der Waals surface area contributed by atoms with Crippen LogP contribution in [0.2, 0.25) is 0 Å². The summed E-state index contributed by atoms with van der Waals surface area (Å²) in [6.45, 7) is 6.01. The minimum atomic E-state index is -0.289. The number of anilines is 2. The zero-order valence-electron chi connectivity index (χ0n) is 14.8.